The zero-order valence-electron chi connectivity index (χ0n) is 10.4. The van der Waals surface area contributed by atoms with E-state index in [1.807, 2.05) is 30.3 Å². The number of aromatic nitrogens is 2. The number of anilines is 1. The lowest BCUT2D eigenvalue weighted by atomic mass is 10.1. The first kappa shape index (κ1) is 13.1. The van der Waals surface area contributed by atoms with E-state index < -0.39 is 6.04 Å². The number of nitrogens with one attached hydrogen (secondary N) is 1. The largest absolute Gasteiger partial charge is 0.396 e. The molecule has 0 saturated heterocycles. The number of aliphatic hydroxyl groups is 1. The van der Waals surface area contributed by atoms with Crippen LogP contribution in [0.15, 0.2) is 42.7 Å². The highest BCUT2D eigenvalue weighted by Gasteiger charge is 2.13. The van der Waals surface area contributed by atoms with Crippen LogP contribution in [0.4, 0.5) is 5.69 Å². The van der Waals surface area contributed by atoms with E-state index in [-0.39, 0.29) is 19.1 Å². The highest BCUT2D eigenvalue weighted by molar-refractivity contribution is 5.76. The number of nitrogens with zero attached hydrogens (tertiary/aromatic N) is 2. The minimum atomic E-state index is -0.415. The van der Waals surface area contributed by atoms with Crippen molar-refractivity contribution >= 4 is 11.6 Å². The summed E-state index contributed by atoms with van der Waals surface area (Å²) in [6.07, 6.45) is 3.06. The minimum Gasteiger partial charge on any atom is -0.396 e. The quantitative estimate of drug-likeness (QED) is 0.721. The molecule has 0 aliphatic carbocycles. The Bertz CT molecular complexity index is 539. The third kappa shape index (κ3) is 3.56. The fourth-order valence-electron chi connectivity index (χ4n) is 1.77. The molecule has 6 heteroatoms. The molecule has 0 spiro atoms. The average Bonchev–Trinajstić information content (AvgIpc) is 2.82. The van der Waals surface area contributed by atoms with Crippen LogP contribution in [-0.2, 0) is 11.3 Å². The summed E-state index contributed by atoms with van der Waals surface area (Å²) in [7, 11) is 0. The van der Waals surface area contributed by atoms with Crippen LogP contribution in [0.1, 0.15) is 11.6 Å². The Kier molecular flexibility index (Phi) is 4.15. The van der Waals surface area contributed by atoms with Crippen molar-refractivity contribution in [3.63, 3.8) is 0 Å². The van der Waals surface area contributed by atoms with Crippen LogP contribution in [0.3, 0.4) is 0 Å². The fourth-order valence-corrected chi connectivity index (χ4v) is 1.77. The first-order valence-corrected chi connectivity index (χ1v) is 5.92. The lowest BCUT2D eigenvalue weighted by molar-refractivity contribution is -0.122. The summed E-state index contributed by atoms with van der Waals surface area (Å²) in [5.74, 6) is -0.231. The van der Waals surface area contributed by atoms with E-state index in [1.165, 1.54) is 10.9 Å². The van der Waals surface area contributed by atoms with Gasteiger partial charge in [0, 0.05) is 6.20 Å². The van der Waals surface area contributed by atoms with Crippen molar-refractivity contribution in [1.82, 2.24) is 15.1 Å². The van der Waals surface area contributed by atoms with Gasteiger partial charge in [0.05, 0.1) is 24.5 Å². The van der Waals surface area contributed by atoms with Gasteiger partial charge in [0.25, 0.3) is 0 Å². The second-order valence-corrected chi connectivity index (χ2v) is 4.18. The van der Waals surface area contributed by atoms with E-state index in [2.05, 4.69) is 10.4 Å². The van der Waals surface area contributed by atoms with Gasteiger partial charge < -0.3 is 16.2 Å². The molecule has 0 aliphatic rings. The lowest BCUT2D eigenvalue weighted by Crippen LogP contribution is -2.33. The summed E-state index contributed by atoms with van der Waals surface area (Å²) >= 11 is 0. The van der Waals surface area contributed by atoms with Gasteiger partial charge in [0.1, 0.15) is 6.54 Å². The van der Waals surface area contributed by atoms with E-state index >= 15 is 0 Å². The highest BCUT2D eigenvalue weighted by Crippen LogP contribution is 2.11. The first-order valence-electron chi connectivity index (χ1n) is 5.92. The molecular formula is C13H16N4O2. The topological polar surface area (TPSA) is 93.2 Å². The van der Waals surface area contributed by atoms with Gasteiger partial charge in [-0.05, 0) is 5.56 Å². The predicted molar refractivity (Wildman–Crippen MR) is 71.1 cm³/mol. The Labute approximate surface area is 110 Å². The molecule has 19 heavy (non-hydrogen) atoms. The summed E-state index contributed by atoms with van der Waals surface area (Å²) in [6.45, 7) is -0.0858. The number of hydrogen-bond donors (Lipinski definition) is 3. The summed E-state index contributed by atoms with van der Waals surface area (Å²) in [5.41, 5.74) is 6.89. The third-order valence-corrected chi connectivity index (χ3v) is 2.68. The molecule has 1 aromatic heterocycles. The second-order valence-electron chi connectivity index (χ2n) is 4.18. The Morgan fingerprint density at radius 3 is 2.74 bits per heavy atom. The SMILES string of the molecule is Nc1cnn(CC(=O)N[C@@H](CO)c2ccccc2)c1. The van der Waals surface area contributed by atoms with E-state index in [9.17, 15) is 9.90 Å². The van der Waals surface area contributed by atoms with Crippen LogP contribution in [0.5, 0.6) is 0 Å². The van der Waals surface area contributed by atoms with Crippen molar-refractivity contribution < 1.29 is 9.90 Å². The molecule has 0 saturated carbocycles. The minimum absolute atomic E-state index is 0.0700. The van der Waals surface area contributed by atoms with Crippen molar-refractivity contribution in [1.29, 1.82) is 0 Å². The summed E-state index contributed by atoms with van der Waals surface area (Å²) < 4.78 is 1.45. The van der Waals surface area contributed by atoms with E-state index in [0.717, 1.165) is 5.56 Å². The maximum atomic E-state index is 11.8. The van der Waals surface area contributed by atoms with E-state index in [0.29, 0.717) is 5.69 Å². The monoisotopic (exact) mass is 260 g/mol. The van der Waals surface area contributed by atoms with Gasteiger partial charge in [0.2, 0.25) is 5.91 Å². The molecule has 2 rings (SSSR count). The molecule has 1 amide bonds. The number of benzene rings is 1. The molecule has 100 valence electrons. The molecule has 1 aromatic carbocycles. The number of nitrogen functional groups attached to an aromatic ring is 1. The molecule has 6 nitrogen and oxygen atoms in total. The Hall–Kier alpha value is -2.34. The number of aliphatic hydroxyl groups excluding tert-OH is 1. The lowest BCUT2D eigenvalue weighted by Gasteiger charge is -2.16. The predicted octanol–water partition coefficient (Wildman–Crippen LogP) is 0.315. The van der Waals surface area contributed by atoms with Gasteiger partial charge in [0.15, 0.2) is 0 Å². The van der Waals surface area contributed by atoms with Gasteiger partial charge in [-0.2, -0.15) is 5.10 Å². The molecular weight excluding hydrogens is 244 g/mol. The molecule has 1 heterocycles. The van der Waals surface area contributed by atoms with Crippen molar-refractivity contribution in [2.24, 2.45) is 0 Å². The summed E-state index contributed by atoms with van der Waals surface area (Å²) in [5, 5.41) is 16.0. The Balaban J connectivity index is 1.97. The van der Waals surface area contributed by atoms with Crippen molar-refractivity contribution in [2.75, 3.05) is 12.3 Å². The normalized spacial score (nSPS) is 12.1. The van der Waals surface area contributed by atoms with Crippen LogP contribution in [-0.4, -0.2) is 27.4 Å². The van der Waals surface area contributed by atoms with Crippen molar-refractivity contribution in [2.45, 2.75) is 12.6 Å². The van der Waals surface area contributed by atoms with Crippen LogP contribution in [0.25, 0.3) is 0 Å². The van der Waals surface area contributed by atoms with Gasteiger partial charge in [-0.1, -0.05) is 30.3 Å². The zero-order chi connectivity index (χ0) is 13.7. The number of hydrogen-bond acceptors (Lipinski definition) is 4. The first-order chi connectivity index (χ1) is 9.19. The van der Waals surface area contributed by atoms with Crippen LogP contribution < -0.4 is 11.1 Å². The van der Waals surface area contributed by atoms with E-state index in [1.54, 1.807) is 6.20 Å². The molecule has 0 bridgehead atoms. The Morgan fingerprint density at radius 2 is 2.16 bits per heavy atom. The number of carbonyl (C=O) groups excluding carboxylic acids is 1. The standard InChI is InChI=1S/C13H16N4O2/c14-11-6-15-17(7-11)8-13(19)16-12(9-18)10-4-2-1-3-5-10/h1-7,12,18H,8-9,14H2,(H,16,19)/t12-/m0/s1. The number of amides is 1. The fraction of sp³-hybridized carbons (Fsp3) is 0.231. The summed E-state index contributed by atoms with van der Waals surface area (Å²) in [4.78, 5) is 11.8. The van der Waals surface area contributed by atoms with Crippen molar-refractivity contribution in [3.05, 3.63) is 48.3 Å². The number of rotatable bonds is 5. The number of nitrogens with two attached hydrogens (primary N) is 1. The summed E-state index contributed by atoms with van der Waals surface area (Å²) in [6, 6.07) is 8.89. The molecule has 0 aliphatic heterocycles. The average molecular weight is 260 g/mol. The zero-order valence-corrected chi connectivity index (χ0v) is 10.4. The number of carbonyl (C=O) groups is 1. The smallest absolute Gasteiger partial charge is 0.242 e. The molecule has 0 fully saturated rings. The van der Waals surface area contributed by atoms with Crippen molar-refractivity contribution in [3.8, 4) is 0 Å². The maximum absolute atomic E-state index is 11.8. The Morgan fingerprint density at radius 1 is 1.42 bits per heavy atom. The van der Waals surface area contributed by atoms with E-state index in [4.69, 9.17) is 5.73 Å². The van der Waals surface area contributed by atoms with Gasteiger partial charge in [-0.15, -0.1) is 0 Å². The molecule has 0 unspecified atom stereocenters. The van der Waals surface area contributed by atoms with Crippen LogP contribution in [0.2, 0.25) is 0 Å². The van der Waals surface area contributed by atoms with Gasteiger partial charge in [-0.25, -0.2) is 0 Å². The second kappa shape index (κ2) is 6.01. The molecule has 1 atom stereocenters. The van der Waals surface area contributed by atoms with Gasteiger partial charge in [-0.3, -0.25) is 9.48 Å². The molecule has 2 aromatic rings. The van der Waals surface area contributed by atoms with Gasteiger partial charge >= 0.3 is 0 Å². The van der Waals surface area contributed by atoms with Crippen LogP contribution >= 0.6 is 0 Å². The van der Waals surface area contributed by atoms with Crippen LogP contribution in [0, 0.1) is 0 Å². The maximum Gasteiger partial charge on any atom is 0.242 e. The molecule has 0 radical (unpaired) electrons. The molecule has 4 N–H and O–H groups in total. The third-order valence-electron chi connectivity index (χ3n) is 2.68. The highest BCUT2D eigenvalue weighted by atomic mass is 16.3.